The van der Waals surface area contributed by atoms with Gasteiger partial charge in [-0.2, -0.15) is 0 Å². The van der Waals surface area contributed by atoms with Gasteiger partial charge in [0.2, 0.25) is 5.91 Å². The summed E-state index contributed by atoms with van der Waals surface area (Å²) in [5.74, 6) is 0.471. The first-order chi connectivity index (χ1) is 11.9. The minimum absolute atomic E-state index is 0.00855. The Bertz CT molecular complexity index is 814. The van der Waals surface area contributed by atoms with E-state index < -0.39 is 0 Å². The summed E-state index contributed by atoms with van der Waals surface area (Å²) in [4.78, 5) is 26.1. The van der Waals surface area contributed by atoms with Crippen LogP contribution in [-0.2, 0) is 17.8 Å². The predicted molar refractivity (Wildman–Crippen MR) is 96.8 cm³/mol. The van der Waals surface area contributed by atoms with Crippen LogP contribution in [0.3, 0.4) is 0 Å². The predicted octanol–water partition coefficient (Wildman–Crippen LogP) is 3.24. The zero-order valence-corrected chi connectivity index (χ0v) is 14.7. The van der Waals surface area contributed by atoms with Crippen LogP contribution in [0.15, 0.2) is 42.5 Å². The SMILES string of the molecule is CC(C)Oc1ccccc1C(=O)Nc1ccc2c(c1)CN(C)C(=O)C2. The summed E-state index contributed by atoms with van der Waals surface area (Å²) in [6.45, 7) is 4.41. The van der Waals surface area contributed by atoms with Gasteiger partial charge in [0.15, 0.2) is 0 Å². The lowest BCUT2D eigenvalue weighted by Crippen LogP contribution is -2.32. The first-order valence-electron chi connectivity index (χ1n) is 8.37. The average molecular weight is 338 g/mol. The van der Waals surface area contributed by atoms with Crippen molar-refractivity contribution in [3.8, 4) is 5.75 Å². The number of amides is 2. The second kappa shape index (κ2) is 6.97. The van der Waals surface area contributed by atoms with Crippen molar-refractivity contribution in [3.05, 3.63) is 59.2 Å². The Balaban J connectivity index is 1.80. The summed E-state index contributed by atoms with van der Waals surface area (Å²) in [5, 5.41) is 2.93. The molecule has 0 aromatic heterocycles. The molecule has 0 saturated carbocycles. The number of ether oxygens (including phenoxy) is 1. The number of benzene rings is 2. The van der Waals surface area contributed by atoms with Crippen LogP contribution >= 0.6 is 0 Å². The lowest BCUT2D eigenvalue weighted by Gasteiger charge is -2.25. The van der Waals surface area contributed by atoms with Crippen molar-refractivity contribution in [2.45, 2.75) is 32.9 Å². The molecule has 0 atom stereocenters. The van der Waals surface area contributed by atoms with Crippen molar-refractivity contribution in [1.29, 1.82) is 0 Å². The molecule has 2 aromatic carbocycles. The number of carbonyl (C=O) groups excluding carboxylic acids is 2. The van der Waals surface area contributed by atoms with E-state index in [2.05, 4.69) is 5.32 Å². The Labute approximate surface area is 147 Å². The van der Waals surface area contributed by atoms with Gasteiger partial charge >= 0.3 is 0 Å². The van der Waals surface area contributed by atoms with Crippen LogP contribution in [0.4, 0.5) is 5.69 Å². The molecule has 5 nitrogen and oxygen atoms in total. The molecule has 1 aliphatic rings. The van der Waals surface area contributed by atoms with Crippen LogP contribution in [-0.4, -0.2) is 29.9 Å². The molecule has 2 aromatic rings. The number of rotatable bonds is 4. The molecule has 1 heterocycles. The Morgan fingerprint density at radius 2 is 1.92 bits per heavy atom. The van der Waals surface area contributed by atoms with Gasteiger partial charge in [-0.3, -0.25) is 9.59 Å². The van der Waals surface area contributed by atoms with Gasteiger partial charge in [-0.15, -0.1) is 0 Å². The zero-order chi connectivity index (χ0) is 18.0. The number of carbonyl (C=O) groups is 2. The second-order valence-electron chi connectivity index (χ2n) is 6.53. The fourth-order valence-electron chi connectivity index (χ4n) is 2.87. The van der Waals surface area contributed by atoms with E-state index in [1.807, 2.05) is 44.2 Å². The second-order valence-corrected chi connectivity index (χ2v) is 6.53. The molecular weight excluding hydrogens is 316 g/mol. The summed E-state index contributed by atoms with van der Waals surface area (Å²) in [6.07, 6.45) is 0.399. The molecule has 0 spiro atoms. The summed E-state index contributed by atoms with van der Waals surface area (Å²) in [7, 11) is 1.79. The maximum atomic E-state index is 12.6. The number of hydrogen-bond donors (Lipinski definition) is 1. The molecule has 0 unspecified atom stereocenters. The van der Waals surface area contributed by atoms with E-state index in [-0.39, 0.29) is 17.9 Å². The number of fused-ring (bicyclic) bond motifs is 1. The molecule has 1 aliphatic heterocycles. The van der Waals surface area contributed by atoms with Crippen molar-refractivity contribution < 1.29 is 14.3 Å². The standard InChI is InChI=1S/C20H22N2O3/c1-13(2)25-18-7-5-4-6-17(18)20(24)21-16-9-8-14-11-19(23)22(3)12-15(14)10-16/h4-10,13H,11-12H2,1-3H3,(H,21,24). The molecule has 0 radical (unpaired) electrons. The Hall–Kier alpha value is -2.82. The molecule has 25 heavy (non-hydrogen) atoms. The van der Waals surface area contributed by atoms with Crippen molar-refractivity contribution in [2.75, 3.05) is 12.4 Å². The normalized spacial score (nSPS) is 13.6. The molecular formula is C20H22N2O3. The fraction of sp³-hybridized carbons (Fsp3) is 0.300. The first kappa shape index (κ1) is 17.0. The minimum Gasteiger partial charge on any atom is -0.490 e. The topological polar surface area (TPSA) is 58.6 Å². The minimum atomic E-state index is -0.212. The zero-order valence-electron chi connectivity index (χ0n) is 14.7. The summed E-state index contributed by atoms with van der Waals surface area (Å²) < 4.78 is 5.72. The van der Waals surface area contributed by atoms with Crippen molar-refractivity contribution in [1.82, 2.24) is 4.90 Å². The summed E-state index contributed by atoms with van der Waals surface area (Å²) >= 11 is 0. The van der Waals surface area contributed by atoms with Crippen LogP contribution in [0.1, 0.15) is 35.3 Å². The number of anilines is 1. The van der Waals surface area contributed by atoms with Crippen LogP contribution in [0.2, 0.25) is 0 Å². The van der Waals surface area contributed by atoms with Crippen LogP contribution in [0, 0.1) is 0 Å². The molecule has 5 heteroatoms. The van der Waals surface area contributed by atoms with Gasteiger partial charge in [0.05, 0.1) is 18.1 Å². The average Bonchev–Trinajstić information content (AvgIpc) is 2.56. The van der Waals surface area contributed by atoms with Gasteiger partial charge in [-0.25, -0.2) is 0 Å². The Morgan fingerprint density at radius 1 is 1.16 bits per heavy atom. The molecule has 0 aliphatic carbocycles. The Kier molecular flexibility index (Phi) is 4.74. The molecule has 1 N–H and O–H groups in total. The highest BCUT2D eigenvalue weighted by molar-refractivity contribution is 6.06. The van der Waals surface area contributed by atoms with Crippen molar-refractivity contribution >= 4 is 17.5 Å². The summed E-state index contributed by atoms with van der Waals surface area (Å²) in [6, 6.07) is 12.9. The molecule has 130 valence electrons. The molecule has 0 fully saturated rings. The van der Waals surface area contributed by atoms with E-state index in [4.69, 9.17) is 4.74 Å². The third-order valence-electron chi connectivity index (χ3n) is 4.13. The highest BCUT2D eigenvalue weighted by Gasteiger charge is 2.20. The highest BCUT2D eigenvalue weighted by Crippen LogP contribution is 2.24. The van der Waals surface area contributed by atoms with Gasteiger partial charge in [-0.1, -0.05) is 18.2 Å². The third kappa shape index (κ3) is 3.82. The number of hydrogen-bond acceptors (Lipinski definition) is 3. The Morgan fingerprint density at radius 3 is 2.68 bits per heavy atom. The van der Waals surface area contributed by atoms with E-state index in [0.717, 1.165) is 11.1 Å². The number of likely N-dealkylation sites (N-methyl/N-ethyl adjacent to an activating group) is 1. The monoisotopic (exact) mass is 338 g/mol. The highest BCUT2D eigenvalue weighted by atomic mass is 16.5. The maximum absolute atomic E-state index is 12.6. The molecule has 3 rings (SSSR count). The van der Waals surface area contributed by atoms with Gasteiger partial charge in [0.1, 0.15) is 5.75 Å². The summed E-state index contributed by atoms with van der Waals surface area (Å²) in [5.41, 5.74) is 3.29. The van der Waals surface area contributed by atoms with Gasteiger partial charge in [0, 0.05) is 19.3 Å². The van der Waals surface area contributed by atoms with Crippen LogP contribution < -0.4 is 10.1 Å². The molecule has 0 saturated heterocycles. The van der Waals surface area contributed by atoms with E-state index in [0.29, 0.717) is 30.0 Å². The van der Waals surface area contributed by atoms with Gasteiger partial charge in [0.25, 0.3) is 5.91 Å². The van der Waals surface area contributed by atoms with E-state index in [9.17, 15) is 9.59 Å². The number of nitrogens with one attached hydrogen (secondary N) is 1. The van der Waals surface area contributed by atoms with Crippen molar-refractivity contribution in [2.24, 2.45) is 0 Å². The lowest BCUT2D eigenvalue weighted by atomic mass is 9.99. The first-order valence-corrected chi connectivity index (χ1v) is 8.37. The number of nitrogens with zero attached hydrogens (tertiary/aromatic N) is 1. The third-order valence-corrected chi connectivity index (χ3v) is 4.13. The largest absolute Gasteiger partial charge is 0.490 e. The lowest BCUT2D eigenvalue weighted by molar-refractivity contribution is -0.130. The number of para-hydroxylation sites is 1. The van der Waals surface area contributed by atoms with E-state index >= 15 is 0 Å². The fourth-order valence-corrected chi connectivity index (χ4v) is 2.87. The van der Waals surface area contributed by atoms with E-state index in [1.54, 1.807) is 24.1 Å². The van der Waals surface area contributed by atoms with E-state index in [1.165, 1.54) is 0 Å². The quantitative estimate of drug-likeness (QED) is 0.931. The van der Waals surface area contributed by atoms with Gasteiger partial charge < -0.3 is 15.0 Å². The maximum Gasteiger partial charge on any atom is 0.259 e. The van der Waals surface area contributed by atoms with Crippen molar-refractivity contribution in [3.63, 3.8) is 0 Å². The van der Waals surface area contributed by atoms with Crippen LogP contribution in [0.25, 0.3) is 0 Å². The molecule has 2 amide bonds. The van der Waals surface area contributed by atoms with Gasteiger partial charge in [-0.05, 0) is 49.2 Å². The smallest absolute Gasteiger partial charge is 0.259 e. The van der Waals surface area contributed by atoms with Crippen LogP contribution in [0.5, 0.6) is 5.75 Å². The molecule has 0 bridgehead atoms.